The summed E-state index contributed by atoms with van der Waals surface area (Å²) in [6.07, 6.45) is -0.797. The number of aliphatic hydroxyl groups excluding tert-OH is 1. The van der Waals surface area contributed by atoms with Crippen LogP contribution < -0.4 is 4.74 Å². The molecule has 0 bridgehead atoms. The Morgan fingerprint density at radius 3 is 2.65 bits per heavy atom. The number of halogens is 2. The Balaban J connectivity index is 2.18. The lowest BCUT2D eigenvalue weighted by Crippen LogP contribution is -2.02. The molecule has 0 fully saturated rings. The highest BCUT2D eigenvalue weighted by atomic mass is 35.5. The number of aryl methyl sites for hydroxylation is 1. The number of hydrogen-bond donors (Lipinski definition) is 1. The van der Waals surface area contributed by atoms with Gasteiger partial charge in [0.1, 0.15) is 18.2 Å². The predicted octanol–water partition coefficient (Wildman–Crippen LogP) is 4.42. The average molecular weight is 295 g/mol. The van der Waals surface area contributed by atoms with Crippen molar-refractivity contribution in [2.45, 2.75) is 26.6 Å². The largest absolute Gasteiger partial charge is 0.488 e. The summed E-state index contributed by atoms with van der Waals surface area (Å²) < 4.78 is 18.8. The van der Waals surface area contributed by atoms with Crippen molar-refractivity contribution in [2.75, 3.05) is 0 Å². The van der Waals surface area contributed by atoms with E-state index in [0.717, 1.165) is 11.1 Å². The summed E-state index contributed by atoms with van der Waals surface area (Å²) in [5.74, 6) is 0.0552. The molecule has 0 aliphatic carbocycles. The fraction of sp³-hybridized carbons (Fsp3) is 0.250. The highest BCUT2D eigenvalue weighted by Crippen LogP contribution is 2.27. The maximum atomic E-state index is 13.2. The molecule has 0 unspecified atom stereocenters. The lowest BCUT2D eigenvalue weighted by molar-refractivity contribution is 0.189. The lowest BCUT2D eigenvalue weighted by Gasteiger charge is -2.14. The molecule has 0 aromatic heterocycles. The van der Waals surface area contributed by atoms with Gasteiger partial charge in [-0.05, 0) is 43.7 Å². The molecule has 0 saturated heterocycles. The molecular weight excluding hydrogens is 279 g/mol. The van der Waals surface area contributed by atoms with Crippen LogP contribution >= 0.6 is 11.6 Å². The molecule has 2 aromatic rings. The minimum atomic E-state index is -0.797. The number of benzene rings is 2. The smallest absolute Gasteiger partial charge is 0.125 e. The van der Waals surface area contributed by atoms with Gasteiger partial charge < -0.3 is 9.84 Å². The molecular formula is C16H16ClFO2. The average Bonchev–Trinajstić information content (AvgIpc) is 2.38. The Kier molecular flexibility index (Phi) is 4.63. The van der Waals surface area contributed by atoms with Crippen LogP contribution in [-0.4, -0.2) is 5.11 Å². The molecule has 2 nitrogen and oxygen atoms in total. The standard InChI is InChI=1S/C16H16ClFO2/c1-10-3-4-12(15(17)7-10)9-20-16-6-5-13(18)8-14(16)11(2)19/h3-8,11,19H,9H2,1-2H3/t11-/m0/s1. The van der Waals surface area contributed by atoms with E-state index >= 15 is 0 Å². The first-order valence-corrected chi connectivity index (χ1v) is 6.70. The van der Waals surface area contributed by atoms with Crippen molar-refractivity contribution in [3.63, 3.8) is 0 Å². The number of rotatable bonds is 4. The van der Waals surface area contributed by atoms with Crippen molar-refractivity contribution in [3.05, 3.63) is 63.9 Å². The van der Waals surface area contributed by atoms with E-state index in [1.165, 1.54) is 18.2 Å². The second-order valence-corrected chi connectivity index (χ2v) is 5.15. The zero-order chi connectivity index (χ0) is 14.7. The Hall–Kier alpha value is -1.58. The van der Waals surface area contributed by atoms with Crippen LogP contribution in [0.15, 0.2) is 36.4 Å². The summed E-state index contributed by atoms with van der Waals surface area (Å²) in [7, 11) is 0. The zero-order valence-electron chi connectivity index (χ0n) is 11.4. The van der Waals surface area contributed by atoms with Gasteiger partial charge in [-0.3, -0.25) is 0 Å². The summed E-state index contributed by atoms with van der Waals surface area (Å²) >= 11 is 6.13. The van der Waals surface area contributed by atoms with Gasteiger partial charge in [-0.25, -0.2) is 4.39 Å². The van der Waals surface area contributed by atoms with Gasteiger partial charge >= 0.3 is 0 Å². The molecule has 0 aliphatic heterocycles. The summed E-state index contributed by atoms with van der Waals surface area (Å²) in [4.78, 5) is 0. The van der Waals surface area contributed by atoms with Crippen LogP contribution in [0.5, 0.6) is 5.75 Å². The molecule has 0 aliphatic rings. The molecule has 1 atom stereocenters. The molecule has 0 amide bonds. The molecule has 106 valence electrons. The van der Waals surface area contributed by atoms with Crippen molar-refractivity contribution in [1.82, 2.24) is 0 Å². The number of ether oxygens (including phenoxy) is 1. The van der Waals surface area contributed by atoms with Crippen LogP contribution in [0.1, 0.15) is 29.7 Å². The third-order valence-electron chi connectivity index (χ3n) is 3.01. The molecule has 20 heavy (non-hydrogen) atoms. The third-order valence-corrected chi connectivity index (χ3v) is 3.37. The van der Waals surface area contributed by atoms with Crippen molar-refractivity contribution < 1.29 is 14.2 Å². The van der Waals surface area contributed by atoms with Crippen molar-refractivity contribution >= 4 is 11.6 Å². The molecule has 2 aromatic carbocycles. The minimum Gasteiger partial charge on any atom is -0.488 e. The SMILES string of the molecule is Cc1ccc(COc2ccc(F)cc2[C@H](C)O)c(Cl)c1. The van der Waals surface area contributed by atoms with Crippen LogP contribution in [0.4, 0.5) is 4.39 Å². The second-order valence-electron chi connectivity index (χ2n) is 4.74. The van der Waals surface area contributed by atoms with Crippen LogP contribution in [0.25, 0.3) is 0 Å². The molecule has 0 saturated carbocycles. The minimum absolute atomic E-state index is 0.268. The van der Waals surface area contributed by atoms with Crippen LogP contribution in [0.2, 0.25) is 5.02 Å². The maximum Gasteiger partial charge on any atom is 0.125 e. The van der Waals surface area contributed by atoms with E-state index in [4.69, 9.17) is 16.3 Å². The number of hydrogen-bond acceptors (Lipinski definition) is 2. The van der Waals surface area contributed by atoms with Gasteiger partial charge in [0, 0.05) is 16.1 Å². The summed E-state index contributed by atoms with van der Waals surface area (Å²) in [5.41, 5.74) is 2.34. The van der Waals surface area contributed by atoms with Crippen molar-refractivity contribution in [2.24, 2.45) is 0 Å². The van der Waals surface area contributed by atoms with Gasteiger partial charge in [-0.1, -0.05) is 23.7 Å². The second kappa shape index (κ2) is 6.25. The number of aliphatic hydroxyl groups is 1. The quantitative estimate of drug-likeness (QED) is 0.904. The van der Waals surface area contributed by atoms with E-state index in [9.17, 15) is 9.50 Å². The monoisotopic (exact) mass is 294 g/mol. The van der Waals surface area contributed by atoms with E-state index in [2.05, 4.69) is 0 Å². The van der Waals surface area contributed by atoms with Crippen LogP contribution in [-0.2, 0) is 6.61 Å². The van der Waals surface area contributed by atoms with Gasteiger partial charge in [0.05, 0.1) is 6.10 Å². The van der Waals surface area contributed by atoms with Crippen LogP contribution in [0, 0.1) is 12.7 Å². The molecule has 0 heterocycles. The van der Waals surface area contributed by atoms with Crippen LogP contribution in [0.3, 0.4) is 0 Å². The topological polar surface area (TPSA) is 29.5 Å². The normalized spacial score (nSPS) is 12.2. The first kappa shape index (κ1) is 14.8. The molecule has 1 N–H and O–H groups in total. The van der Waals surface area contributed by atoms with Gasteiger partial charge in [-0.2, -0.15) is 0 Å². The van der Waals surface area contributed by atoms with E-state index in [1.54, 1.807) is 6.92 Å². The first-order valence-electron chi connectivity index (χ1n) is 6.32. The Morgan fingerprint density at radius 1 is 1.25 bits per heavy atom. The first-order chi connectivity index (χ1) is 9.47. The van der Waals surface area contributed by atoms with Crippen molar-refractivity contribution in [3.8, 4) is 5.75 Å². The maximum absolute atomic E-state index is 13.2. The van der Waals surface area contributed by atoms with E-state index in [-0.39, 0.29) is 6.61 Å². The molecule has 4 heteroatoms. The Morgan fingerprint density at radius 2 is 2.00 bits per heavy atom. The van der Waals surface area contributed by atoms with Gasteiger partial charge in [0.2, 0.25) is 0 Å². The van der Waals surface area contributed by atoms with E-state index in [1.807, 2.05) is 25.1 Å². The summed E-state index contributed by atoms with van der Waals surface area (Å²) in [6, 6.07) is 9.79. The summed E-state index contributed by atoms with van der Waals surface area (Å²) in [6.45, 7) is 3.80. The van der Waals surface area contributed by atoms with Gasteiger partial charge in [0.25, 0.3) is 0 Å². The van der Waals surface area contributed by atoms with E-state index in [0.29, 0.717) is 16.3 Å². The highest BCUT2D eigenvalue weighted by Gasteiger charge is 2.11. The Labute approximate surface area is 122 Å². The van der Waals surface area contributed by atoms with Crippen molar-refractivity contribution in [1.29, 1.82) is 0 Å². The predicted molar refractivity (Wildman–Crippen MR) is 77.6 cm³/mol. The fourth-order valence-electron chi connectivity index (χ4n) is 1.90. The Bertz CT molecular complexity index is 611. The zero-order valence-corrected chi connectivity index (χ0v) is 12.1. The lowest BCUT2D eigenvalue weighted by atomic mass is 10.1. The third kappa shape index (κ3) is 3.50. The fourth-order valence-corrected chi connectivity index (χ4v) is 2.19. The molecule has 0 spiro atoms. The molecule has 2 rings (SSSR count). The van der Waals surface area contributed by atoms with E-state index < -0.39 is 11.9 Å². The summed E-state index contributed by atoms with van der Waals surface area (Å²) in [5, 5.41) is 10.3. The van der Waals surface area contributed by atoms with Gasteiger partial charge in [0.15, 0.2) is 0 Å². The highest BCUT2D eigenvalue weighted by molar-refractivity contribution is 6.31. The van der Waals surface area contributed by atoms with Gasteiger partial charge in [-0.15, -0.1) is 0 Å². The molecule has 0 radical (unpaired) electrons.